The number of ether oxygens (including phenoxy) is 1. The van der Waals surface area contributed by atoms with E-state index >= 15 is 0 Å². The highest BCUT2D eigenvalue weighted by Crippen LogP contribution is 2.25. The van der Waals surface area contributed by atoms with Gasteiger partial charge < -0.3 is 14.5 Å². The lowest BCUT2D eigenvalue weighted by atomic mass is 10.1. The summed E-state index contributed by atoms with van der Waals surface area (Å²) in [4.78, 5) is 15.2. The van der Waals surface area contributed by atoms with Gasteiger partial charge in [0.15, 0.2) is 0 Å². The second kappa shape index (κ2) is 5.26. The standard InChI is InChI=1S/C11H21N3O4S/c1-12(2)11(15)13-6-9-7-14(19(3,16)17)4-5-18-10(9)8-13/h9-10H,4-8H2,1-3H3/t9-,10-/m1/s1. The topological polar surface area (TPSA) is 70.2 Å². The normalized spacial score (nSPS) is 28.9. The number of urea groups is 1. The molecule has 0 aromatic rings. The molecule has 110 valence electrons. The molecule has 2 fully saturated rings. The predicted molar refractivity (Wildman–Crippen MR) is 70.3 cm³/mol. The summed E-state index contributed by atoms with van der Waals surface area (Å²) in [5, 5.41) is 0. The molecular formula is C11H21N3O4S. The molecule has 2 rings (SSSR count). The van der Waals surface area contributed by atoms with E-state index in [0.717, 1.165) is 0 Å². The third-order valence-electron chi connectivity index (χ3n) is 3.61. The Morgan fingerprint density at radius 3 is 2.53 bits per heavy atom. The fourth-order valence-electron chi connectivity index (χ4n) is 2.60. The maximum absolute atomic E-state index is 11.9. The minimum Gasteiger partial charge on any atom is -0.375 e. The third-order valence-corrected chi connectivity index (χ3v) is 4.88. The molecule has 0 bridgehead atoms. The van der Waals surface area contributed by atoms with E-state index in [2.05, 4.69) is 0 Å². The van der Waals surface area contributed by atoms with Crippen LogP contribution < -0.4 is 0 Å². The Labute approximate surface area is 114 Å². The predicted octanol–water partition coefficient (Wildman–Crippen LogP) is -0.740. The van der Waals surface area contributed by atoms with Crippen LogP contribution in [0.3, 0.4) is 0 Å². The van der Waals surface area contributed by atoms with Gasteiger partial charge in [0.25, 0.3) is 0 Å². The molecule has 0 spiro atoms. The van der Waals surface area contributed by atoms with Crippen molar-refractivity contribution in [1.82, 2.24) is 14.1 Å². The molecule has 0 aromatic carbocycles. The van der Waals surface area contributed by atoms with Gasteiger partial charge in [0.1, 0.15) is 0 Å². The maximum atomic E-state index is 11.9. The van der Waals surface area contributed by atoms with Crippen LogP contribution in [0, 0.1) is 5.92 Å². The number of sulfonamides is 1. The molecule has 2 amide bonds. The van der Waals surface area contributed by atoms with Crippen molar-refractivity contribution in [2.45, 2.75) is 6.10 Å². The minimum absolute atomic E-state index is 0.0532. The Hall–Kier alpha value is -0.860. The number of carbonyl (C=O) groups is 1. The number of fused-ring (bicyclic) bond motifs is 1. The number of carbonyl (C=O) groups excluding carboxylic acids is 1. The summed E-state index contributed by atoms with van der Waals surface area (Å²) < 4.78 is 30.4. The van der Waals surface area contributed by atoms with Crippen molar-refractivity contribution in [3.05, 3.63) is 0 Å². The first-order valence-electron chi connectivity index (χ1n) is 6.32. The van der Waals surface area contributed by atoms with Gasteiger partial charge in [-0.25, -0.2) is 13.2 Å². The third kappa shape index (κ3) is 3.18. The Morgan fingerprint density at radius 2 is 1.95 bits per heavy atom. The lowest BCUT2D eigenvalue weighted by Crippen LogP contribution is -2.40. The van der Waals surface area contributed by atoms with E-state index in [4.69, 9.17) is 4.74 Å². The Balaban J connectivity index is 2.06. The van der Waals surface area contributed by atoms with E-state index in [1.165, 1.54) is 15.5 Å². The zero-order chi connectivity index (χ0) is 14.2. The molecule has 2 aliphatic rings. The first-order valence-corrected chi connectivity index (χ1v) is 8.17. The molecule has 2 atom stereocenters. The van der Waals surface area contributed by atoms with Gasteiger partial charge in [-0.1, -0.05) is 0 Å². The highest BCUT2D eigenvalue weighted by molar-refractivity contribution is 7.88. The molecule has 0 radical (unpaired) electrons. The monoisotopic (exact) mass is 291 g/mol. The van der Waals surface area contributed by atoms with Crippen LogP contribution in [0.25, 0.3) is 0 Å². The molecule has 2 saturated heterocycles. The second-order valence-electron chi connectivity index (χ2n) is 5.37. The fraction of sp³-hybridized carbons (Fsp3) is 0.909. The zero-order valence-electron chi connectivity index (χ0n) is 11.6. The van der Waals surface area contributed by atoms with Crippen LogP contribution in [0.5, 0.6) is 0 Å². The van der Waals surface area contributed by atoms with Crippen molar-refractivity contribution >= 4 is 16.1 Å². The van der Waals surface area contributed by atoms with E-state index in [0.29, 0.717) is 32.8 Å². The van der Waals surface area contributed by atoms with Crippen molar-refractivity contribution in [2.75, 3.05) is 53.1 Å². The first-order chi connectivity index (χ1) is 8.79. The first kappa shape index (κ1) is 14.5. The SMILES string of the molecule is CN(C)C(=O)N1C[C@@H]2CN(S(C)(=O)=O)CCO[C@@H]2C1. The summed E-state index contributed by atoms with van der Waals surface area (Å²) in [5.41, 5.74) is 0. The number of nitrogens with zero attached hydrogens (tertiary/aromatic N) is 3. The van der Waals surface area contributed by atoms with Crippen LogP contribution in [0.4, 0.5) is 4.79 Å². The molecule has 0 unspecified atom stereocenters. The van der Waals surface area contributed by atoms with E-state index in [-0.39, 0.29) is 18.1 Å². The Bertz CT molecular complexity index is 451. The second-order valence-corrected chi connectivity index (χ2v) is 7.35. The van der Waals surface area contributed by atoms with Crippen molar-refractivity contribution in [2.24, 2.45) is 5.92 Å². The Morgan fingerprint density at radius 1 is 1.26 bits per heavy atom. The summed E-state index contributed by atoms with van der Waals surface area (Å²) in [6.45, 7) is 2.30. The fourth-order valence-corrected chi connectivity index (χ4v) is 3.47. The molecule has 19 heavy (non-hydrogen) atoms. The number of hydrogen-bond donors (Lipinski definition) is 0. The van der Waals surface area contributed by atoms with Crippen LogP contribution in [-0.4, -0.2) is 87.8 Å². The van der Waals surface area contributed by atoms with E-state index < -0.39 is 10.0 Å². The summed E-state index contributed by atoms with van der Waals surface area (Å²) in [6, 6.07) is -0.0532. The smallest absolute Gasteiger partial charge is 0.319 e. The van der Waals surface area contributed by atoms with Crippen molar-refractivity contribution in [3.8, 4) is 0 Å². The number of likely N-dealkylation sites (tertiary alicyclic amines) is 1. The molecule has 0 saturated carbocycles. The van der Waals surface area contributed by atoms with Gasteiger partial charge in [-0.05, 0) is 0 Å². The van der Waals surface area contributed by atoms with Gasteiger partial charge in [-0.2, -0.15) is 4.31 Å². The van der Waals surface area contributed by atoms with Crippen LogP contribution in [0.15, 0.2) is 0 Å². The molecular weight excluding hydrogens is 270 g/mol. The van der Waals surface area contributed by atoms with Crippen LogP contribution in [0.1, 0.15) is 0 Å². The molecule has 0 aliphatic carbocycles. The average molecular weight is 291 g/mol. The molecule has 2 aliphatic heterocycles. The van der Waals surface area contributed by atoms with Crippen molar-refractivity contribution < 1.29 is 17.9 Å². The van der Waals surface area contributed by atoms with Gasteiger partial charge in [0.05, 0.1) is 19.0 Å². The van der Waals surface area contributed by atoms with E-state index in [9.17, 15) is 13.2 Å². The number of amides is 2. The summed E-state index contributed by atoms with van der Waals surface area (Å²) in [6.07, 6.45) is 1.15. The van der Waals surface area contributed by atoms with Crippen LogP contribution in [0.2, 0.25) is 0 Å². The molecule has 0 N–H and O–H groups in total. The maximum Gasteiger partial charge on any atom is 0.319 e. The highest BCUT2D eigenvalue weighted by atomic mass is 32.2. The van der Waals surface area contributed by atoms with Crippen molar-refractivity contribution in [1.29, 1.82) is 0 Å². The largest absolute Gasteiger partial charge is 0.375 e. The Kier molecular flexibility index (Phi) is 4.03. The van der Waals surface area contributed by atoms with Crippen LogP contribution >= 0.6 is 0 Å². The summed E-state index contributed by atoms with van der Waals surface area (Å²) in [7, 11) is 0.215. The van der Waals surface area contributed by atoms with Gasteiger partial charge in [-0.15, -0.1) is 0 Å². The number of hydrogen-bond acceptors (Lipinski definition) is 4. The van der Waals surface area contributed by atoms with Gasteiger partial charge in [0.2, 0.25) is 10.0 Å². The van der Waals surface area contributed by atoms with Crippen molar-refractivity contribution in [3.63, 3.8) is 0 Å². The highest BCUT2D eigenvalue weighted by Gasteiger charge is 2.40. The van der Waals surface area contributed by atoms with E-state index in [1.54, 1.807) is 19.0 Å². The van der Waals surface area contributed by atoms with Gasteiger partial charge >= 0.3 is 6.03 Å². The lowest BCUT2D eigenvalue weighted by Gasteiger charge is -2.23. The average Bonchev–Trinajstić information content (AvgIpc) is 2.58. The molecule has 8 heteroatoms. The van der Waals surface area contributed by atoms with E-state index in [1.807, 2.05) is 0 Å². The molecule has 0 aromatic heterocycles. The zero-order valence-corrected chi connectivity index (χ0v) is 12.4. The molecule has 2 heterocycles. The minimum atomic E-state index is -3.20. The lowest BCUT2D eigenvalue weighted by molar-refractivity contribution is 0.0530. The molecule has 7 nitrogen and oxygen atoms in total. The van der Waals surface area contributed by atoms with Crippen LogP contribution in [-0.2, 0) is 14.8 Å². The van der Waals surface area contributed by atoms with Gasteiger partial charge in [-0.3, -0.25) is 0 Å². The summed E-state index contributed by atoms with van der Waals surface area (Å²) in [5.74, 6) is 0.0566. The van der Waals surface area contributed by atoms with Gasteiger partial charge in [0, 0.05) is 46.2 Å². The quantitative estimate of drug-likeness (QED) is 0.638. The number of rotatable bonds is 1. The summed E-state index contributed by atoms with van der Waals surface area (Å²) >= 11 is 0.